The smallest absolute Gasteiger partial charge is 0.212 e. The van der Waals surface area contributed by atoms with E-state index in [0.717, 1.165) is 19.6 Å². The molecule has 1 aromatic heterocycles. The molecule has 16 heavy (non-hydrogen) atoms. The lowest BCUT2D eigenvalue weighted by Crippen LogP contribution is -2.34. The highest BCUT2D eigenvalue weighted by Gasteiger charge is 2.22. The van der Waals surface area contributed by atoms with Crippen molar-refractivity contribution in [2.75, 3.05) is 20.2 Å². The summed E-state index contributed by atoms with van der Waals surface area (Å²) in [6.45, 7) is 2.84. The molecule has 1 unspecified atom stereocenters. The second-order valence-electron chi connectivity index (χ2n) is 4.21. The van der Waals surface area contributed by atoms with Gasteiger partial charge < -0.3 is 10.5 Å². The van der Waals surface area contributed by atoms with Crippen molar-refractivity contribution in [3.05, 3.63) is 23.9 Å². The minimum absolute atomic E-state index is 0.544. The lowest BCUT2D eigenvalue weighted by atomic mass is 10.2. The Morgan fingerprint density at radius 3 is 3.06 bits per heavy atom. The molecule has 0 amide bonds. The summed E-state index contributed by atoms with van der Waals surface area (Å²) >= 11 is 0. The molecule has 2 N–H and O–H groups in total. The van der Waals surface area contributed by atoms with Crippen LogP contribution in [-0.4, -0.2) is 36.1 Å². The third-order valence-corrected chi connectivity index (χ3v) is 3.16. The number of ether oxygens (including phenoxy) is 1. The molecular formula is C12H19N3O. The number of nitrogens with two attached hydrogens (primary N) is 1. The van der Waals surface area contributed by atoms with Gasteiger partial charge in [-0.3, -0.25) is 4.90 Å². The predicted molar refractivity (Wildman–Crippen MR) is 63.3 cm³/mol. The molecule has 1 fully saturated rings. The van der Waals surface area contributed by atoms with Crippen molar-refractivity contribution < 1.29 is 4.74 Å². The molecule has 0 saturated carbocycles. The van der Waals surface area contributed by atoms with Gasteiger partial charge in [-0.2, -0.15) is 0 Å². The molecule has 1 atom stereocenters. The molecule has 88 valence electrons. The first-order valence-corrected chi connectivity index (χ1v) is 5.76. The normalized spacial score (nSPS) is 21.2. The maximum atomic E-state index is 5.75. The van der Waals surface area contributed by atoms with E-state index in [-0.39, 0.29) is 0 Å². The van der Waals surface area contributed by atoms with Crippen molar-refractivity contribution >= 4 is 0 Å². The molecule has 1 aliphatic heterocycles. The molecule has 4 heteroatoms. The van der Waals surface area contributed by atoms with Crippen LogP contribution in [0.4, 0.5) is 0 Å². The molecule has 2 heterocycles. The number of aromatic nitrogens is 1. The fourth-order valence-corrected chi connectivity index (χ4v) is 2.23. The van der Waals surface area contributed by atoms with E-state index in [1.165, 1.54) is 18.4 Å². The van der Waals surface area contributed by atoms with E-state index in [1.54, 1.807) is 7.11 Å². The first kappa shape index (κ1) is 11.4. The molecule has 1 aromatic rings. The number of likely N-dealkylation sites (tertiary alicyclic amines) is 1. The van der Waals surface area contributed by atoms with Crippen molar-refractivity contribution in [1.29, 1.82) is 0 Å². The summed E-state index contributed by atoms with van der Waals surface area (Å²) in [4.78, 5) is 6.64. The van der Waals surface area contributed by atoms with E-state index in [0.29, 0.717) is 11.9 Å². The Kier molecular flexibility index (Phi) is 3.74. The number of hydrogen-bond donors (Lipinski definition) is 1. The van der Waals surface area contributed by atoms with Gasteiger partial charge in [-0.05, 0) is 24.9 Å². The molecular weight excluding hydrogens is 202 g/mol. The molecule has 4 nitrogen and oxygen atoms in total. The molecule has 1 aliphatic rings. The number of nitrogens with zero attached hydrogens (tertiary/aromatic N) is 2. The molecule has 0 radical (unpaired) electrons. The van der Waals surface area contributed by atoms with Crippen LogP contribution in [0.2, 0.25) is 0 Å². The Balaban J connectivity index is 1.97. The zero-order valence-corrected chi connectivity index (χ0v) is 9.72. The summed E-state index contributed by atoms with van der Waals surface area (Å²) in [7, 11) is 1.63. The maximum Gasteiger partial charge on any atom is 0.212 e. The highest BCUT2D eigenvalue weighted by molar-refractivity contribution is 5.17. The summed E-state index contributed by atoms with van der Waals surface area (Å²) in [5, 5.41) is 0. The zero-order chi connectivity index (χ0) is 11.4. The van der Waals surface area contributed by atoms with E-state index in [2.05, 4.69) is 16.0 Å². The van der Waals surface area contributed by atoms with Crippen LogP contribution in [0, 0.1) is 0 Å². The summed E-state index contributed by atoms with van der Waals surface area (Å²) in [6.07, 6.45) is 4.36. The van der Waals surface area contributed by atoms with E-state index < -0.39 is 0 Å². The highest BCUT2D eigenvalue weighted by Crippen LogP contribution is 2.19. The first-order chi connectivity index (χ1) is 7.83. The van der Waals surface area contributed by atoms with Gasteiger partial charge in [0.05, 0.1) is 7.11 Å². The third kappa shape index (κ3) is 2.51. The van der Waals surface area contributed by atoms with Gasteiger partial charge in [-0.1, -0.05) is 6.07 Å². The van der Waals surface area contributed by atoms with Crippen LogP contribution in [0.15, 0.2) is 18.3 Å². The predicted octanol–water partition coefficient (Wildman–Crippen LogP) is 1.01. The van der Waals surface area contributed by atoms with E-state index in [9.17, 15) is 0 Å². The quantitative estimate of drug-likeness (QED) is 0.824. The Bertz CT molecular complexity index is 326. The lowest BCUT2D eigenvalue weighted by molar-refractivity contribution is 0.250. The SMILES string of the molecule is COc1ccc(CN2CCCC2CN)cn1. The van der Waals surface area contributed by atoms with Gasteiger partial charge in [-0.15, -0.1) is 0 Å². The van der Waals surface area contributed by atoms with Gasteiger partial charge in [0.1, 0.15) is 0 Å². The first-order valence-electron chi connectivity index (χ1n) is 5.76. The second-order valence-corrected chi connectivity index (χ2v) is 4.21. The van der Waals surface area contributed by atoms with Gasteiger partial charge in [0.15, 0.2) is 0 Å². The number of rotatable bonds is 4. The molecule has 2 rings (SSSR count). The zero-order valence-electron chi connectivity index (χ0n) is 9.72. The van der Waals surface area contributed by atoms with E-state index >= 15 is 0 Å². The van der Waals surface area contributed by atoms with Crippen molar-refractivity contribution in [3.63, 3.8) is 0 Å². The standard InChI is InChI=1S/C12H19N3O/c1-16-12-5-4-10(8-14-12)9-15-6-2-3-11(15)7-13/h4-5,8,11H,2-3,6-7,9,13H2,1H3. The minimum Gasteiger partial charge on any atom is -0.481 e. The van der Waals surface area contributed by atoms with Gasteiger partial charge in [0, 0.05) is 31.4 Å². The van der Waals surface area contributed by atoms with Crippen LogP contribution in [0.25, 0.3) is 0 Å². The summed E-state index contributed by atoms with van der Waals surface area (Å²) < 4.78 is 5.04. The average Bonchev–Trinajstić information content (AvgIpc) is 2.77. The Hall–Kier alpha value is -1.13. The Morgan fingerprint density at radius 2 is 2.44 bits per heavy atom. The molecule has 0 aliphatic carbocycles. The van der Waals surface area contributed by atoms with Gasteiger partial charge in [0.2, 0.25) is 5.88 Å². The third-order valence-electron chi connectivity index (χ3n) is 3.16. The fourth-order valence-electron chi connectivity index (χ4n) is 2.23. The molecule has 0 aromatic carbocycles. The topological polar surface area (TPSA) is 51.4 Å². The van der Waals surface area contributed by atoms with Crippen LogP contribution >= 0.6 is 0 Å². The largest absolute Gasteiger partial charge is 0.481 e. The van der Waals surface area contributed by atoms with Gasteiger partial charge in [0.25, 0.3) is 0 Å². The average molecular weight is 221 g/mol. The number of methoxy groups -OCH3 is 1. The lowest BCUT2D eigenvalue weighted by Gasteiger charge is -2.22. The molecule has 0 spiro atoms. The molecule has 1 saturated heterocycles. The van der Waals surface area contributed by atoms with Crippen molar-refractivity contribution in [2.24, 2.45) is 5.73 Å². The van der Waals surface area contributed by atoms with Gasteiger partial charge in [-0.25, -0.2) is 4.98 Å². The van der Waals surface area contributed by atoms with Crippen LogP contribution in [0.1, 0.15) is 18.4 Å². The fraction of sp³-hybridized carbons (Fsp3) is 0.583. The van der Waals surface area contributed by atoms with Crippen LogP contribution in [0.5, 0.6) is 5.88 Å². The van der Waals surface area contributed by atoms with Crippen molar-refractivity contribution in [3.8, 4) is 5.88 Å². The summed E-state index contributed by atoms with van der Waals surface area (Å²) in [5.74, 6) is 0.667. The monoisotopic (exact) mass is 221 g/mol. The van der Waals surface area contributed by atoms with Crippen LogP contribution in [-0.2, 0) is 6.54 Å². The van der Waals surface area contributed by atoms with Gasteiger partial charge >= 0.3 is 0 Å². The Morgan fingerprint density at radius 1 is 1.56 bits per heavy atom. The summed E-state index contributed by atoms with van der Waals surface area (Å²) in [5.41, 5.74) is 6.97. The van der Waals surface area contributed by atoms with E-state index in [1.807, 2.05) is 12.3 Å². The number of pyridine rings is 1. The van der Waals surface area contributed by atoms with E-state index in [4.69, 9.17) is 10.5 Å². The second kappa shape index (κ2) is 5.27. The number of hydrogen-bond acceptors (Lipinski definition) is 4. The van der Waals surface area contributed by atoms with Crippen LogP contribution < -0.4 is 10.5 Å². The van der Waals surface area contributed by atoms with Crippen molar-refractivity contribution in [2.45, 2.75) is 25.4 Å². The highest BCUT2D eigenvalue weighted by atomic mass is 16.5. The summed E-state index contributed by atoms with van der Waals surface area (Å²) in [6, 6.07) is 4.52. The Labute approximate surface area is 96.4 Å². The maximum absolute atomic E-state index is 5.75. The minimum atomic E-state index is 0.544. The van der Waals surface area contributed by atoms with Crippen molar-refractivity contribution in [1.82, 2.24) is 9.88 Å². The van der Waals surface area contributed by atoms with Crippen LogP contribution in [0.3, 0.4) is 0 Å². The molecule has 0 bridgehead atoms.